The molecule has 0 heterocycles. The van der Waals surface area contributed by atoms with Gasteiger partial charge in [-0.15, -0.1) is 0 Å². The van der Waals surface area contributed by atoms with E-state index in [4.69, 9.17) is 0 Å². The lowest BCUT2D eigenvalue weighted by molar-refractivity contribution is 0.483. The Morgan fingerprint density at radius 3 is 2.12 bits per heavy atom. The molecular weight excluding hydrogens is 252 g/mol. The summed E-state index contributed by atoms with van der Waals surface area (Å²) in [7, 11) is -5.41. The maximum Gasteiger partial charge on any atom is 0.294 e. The van der Waals surface area contributed by atoms with E-state index in [2.05, 4.69) is 20.0 Å². The lowest BCUT2D eigenvalue weighted by Gasteiger charge is -2.18. The Bertz CT molecular complexity index is 507. The molecule has 0 bridgehead atoms. The molecule has 1 N–H and O–H groups in total. The van der Waals surface area contributed by atoms with E-state index in [9.17, 15) is 13.0 Å². The number of rotatable bonds is 4. The standard InChI is InChI=1S/C12H20O3SSi/c1-5-9-7-8-11(16(13,14)15)12(17(3)4)10(9)6-2/h7-8,17H,5-6H2,1-4H3,(H,13,14,15). The third kappa shape index (κ3) is 2.97. The molecule has 3 nitrogen and oxygen atoms in total. The molecule has 1 aromatic rings. The number of hydrogen-bond donors (Lipinski definition) is 1. The minimum absolute atomic E-state index is 0.119. The zero-order valence-corrected chi connectivity index (χ0v) is 12.8. The molecule has 0 amide bonds. The van der Waals surface area contributed by atoms with Crippen LogP contribution in [0, 0.1) is 0 Å². The summed E-state index contributed by atoms with van der Waals surface area (Å²) in [6.45, 7) is 8.26. The van der Waals surface area contributed by atoms with Crippen molar-refractivity contribution in [3.63, 3.8) is 0 Å². The van der Waals surface area contributed by atoms with Gasteiger partial charge in [0.25, 0.3) is 10.1 Å². The first-order valence-corrected chi connectivity index (χ1v) is 10.3. The molecule has 5 heteroatoms. The van der Waals surface area contributed by atoms with E-state index in [1.807, 2.05) is 13.0 Å². The number of hydrogen-bond acceptors (Lipinski definition) is 2. The SMILES string of the molecule is CCc1ccc(S(=O)(=O)O)c([SiH](C)C)c1CC. The molecule has 0 fully saturated rings. The molecule has 0 aliphatic heterocycles. The maximum atomic E-state index is 11.4. The van der Waals surface area contributed by atoms with Crippen LogP contribution in [0.3, 0.4) is 0 Å². The highest BCUT2D eigenvalue weighted by molar-refractivity contribution is 7.86. The van der Waals surface area contributed by atoms with Crippen LogP contribution in [0.15, 0.2) is 17.0 Å². The first-order chi connectivity index (χ1) is 7.82. The summed E-state index contributed by atoms with van der Waals surface area (Å²) in [6.07, 6.45) is 1.70. The van der Waals surface area contributed by atoms with E-state index in [1.165, 1.54) is 5.56 Å². The Morgan fingerprint density at radius 1 is 1.18 bits per heavy atom. The third-order valence-electron chi connectivity index (χ3n) is 3.00. The summed E-state index contributed by atoms with van der Waals surface area (Å²) in [5.41, 5.74) is 2.31. The molecule has 0 aliphatic rings. The van der Waals surface area contributed by atoms with Gasteiger partial charge < -0.3 is 0 Å². The highest BCUT2D eigenvalue weighted by Crippen LogP contribution is 2.16. The Balaban J connectivity index is 3.66. The minimum atomic E-state index is -4.10. The molecule has 0 unspecified atom stereocenters. The smallest absolute Gasteiger partial charge is 0.282 e. The lowest BCUT2D eigenvalue weighted by Crippen LogP contribution is -2.33. The molecule has 1 rings (SSSR count). The summed E-state index contributed by atoms with van der Waals surface area (Å²) < 4.78 is 32.1. The van der Waals surface area contributed by atoms with Crippen molar-refractivity contribution in [3.05, 3.63) is 23.3 Å². The zero-order valence-electron chi connectivity index (χ0n) is 10.8. The molecular formula is C12H20O3SSi. The van der Waals surface area contributed by atoms with Crippen molar-refractivity contribution in [1.29, 1.82) is 0 Å². The van der Waals surface area contributed by atoms with Gasteiger partial charge in [0, 0.05) is 0 Å². The number of aryl methyl sites for hydroxylation is 1. The first-order valence-electron chi connectivity index (χ1n) is 5.95. The summed E-state index contributed by atoms with van der Waals surface area (Å²) in [4.78, 5) is 0.119. The van der Waals surface area contributed by atoms with Gasteiger partial charge in [-0.2, -0.15) is 8.42 Å². The normalized spacial score (nSPS) is 12.1. The fourth-order valence-corrected chi connectivity index (χ4v) is 5.84. The summed E-state index contributed by atoms with van der Waals surface area (Å²) >= 11 is 0. The second-order valence-corrected chi connectivity index (χ2v) is 8.73. The van der Waals surface area contributed by atoms with Crippen molar-refractivity contribution < 1.29 is 13.0 Å². The second kappa shape index (κ2) is 5.33. The first kappa shape index (κ1) is 14.4. The minimum Gasteiger partial charge on any atom is -0.282 e. The van der Waals surface area contributed by atoms with E-state index in [0.717, 1.165) is 23.6 Å². The number of benzene rings is 1. The van der Waals surface area contributed by atoms with Gasteiger partial charge >= 0.3 is 0 Å². The van der Waals surface area contributed by atoms with Crippen molar-refractivity contribution in [2.45, 2.75) is 44.7 Å². The van der Waals surface area contributed by atoms with Crippen LogP contribution in [0.25, 0.3) is 0 Å². The molecule has 0 atom stereocenters. The fraction of sp³-hybridized carbons (Fsp3) is 0.500. The Labute approximate surface area is 105 Å². The van der Waals surface area contributed by atoms with Gasteiger partial charge in [-0.05, 0) is 35.2 Å². The predicted octanol–water partition coefficient (Wildman–Crippen LogP) is 1.75. The van der Waals surface area contributed by atoms with Gasteiger partial charge in [0.05, 0.1) is 13.7 Å². The highest BCUT2D eigenvalue weighted by Gasteiger charge is 2.22. The largest absolute Gasteiger partial charge is 0.294 e. The molecule has 0 aliphatic carbocycles. The Hall–Kier alpha value is -0.653. The molecule has 0 saturated carbocycles. The second-order valence-electron chi connectivity index (χ2n) is 4.45. The van der Waals surface area contributed by atoms with E-state index in [1.54, 1.807) is 6.07 Å². The zero-order chi connectivity index (χ0) is 13.2. The van der Waals surface area contributed by atoms with Crippen LogP contribution in [0.1, 0.15) is 25.0 Å². The average molecular weight is 272 g/mol. The van der Waals surface area contributed by atoms with Crippen molar-refractivity contribution in [2.75, 3.05) is 0 Å². The van der Waals surface area contributed by atoms with Crippen molar-refractivity contribution in [3.8, 4) is 0 Å². The predicted molar refractivity (Wildman–Crippen MR) is 73.5 cm³/mol. The topological polar surface area (TPSA) is 54.4 Å². The molecule has 17 heavy (non-hydrogen) atoms. The molecule has 1 aromatic carbocycles. The Kier molecular flexibility index (Phi) is 4.52. The van der Waals surface area contributed by atoms with Crippen LogP contribution >= 0.6 is 0 Å². The monoisotopic (exact) mass is 272 g/mol. The average Bonchev–Trinajstić information content (AvgIpc) is 2.25. The van der Waals surface area contributed by atoms with E-state index < -0.39 is 18.9 Å². The quantitative estimate of drug-likeness (QED) is 0.671. The van der Waals surface area contributed by atoms with E-state index in [-0.39, 0.29) is 4.90 Å². The van der Waals surface area contributed by atoms with E-state index >= 15 is 0 Å². The summed E-state index contributed by atoms with van der Waals surface area (Å²) in [5.74, 6) is 0. The Morgan fingerprint density at radius 2 is 1.76 bits per heavy atom. The van der Waals surface area contributed by atoms with Crippen LogP contribution < -0.4 is 5.19 Å². The molecule has 96 valence electrons. The molecule has 0 spiro atoms. The summed E-state index contributed by atoms with van der Waals surface area (Å²) in [5, 5.41) is 0.898. The van der Waals surface area contributed by atoms with Crippen LogP contribution in [0.2, 0.25) is 13.1 Å². The van der Waals surface area contributed by atoms with Gasteiger partial charge in [-0.25, -0.2) is 0 Å². The van der Waals surface area contributed by atoms with Gasteiger partial charge in [0.15, 0.2) is 0 Å². The molecule has 0 radical (unpaired) electrons. The van der Waals surface area contributed by atoms with Crippen LogP contribution in [0.5, 0.6) is 0 Å². The highest BCUT2D eigenvalue weighted by atomic mass is 32.2. The van der Waals surface area contributed by atoms with Crippen LogP contribution in [-0.2, 0) is 23.0 Å². The van der Waals surface area contributed by atoms with Crippen molar-refractivity contribution >= 4 is 24.1 Å². The van der Waals surface area contributed by atoms with E-state index in [0.29, 0.717) is 0 Å². The fourth-order valence-electron chi connectivity index (χ4n) is 2.30. The van der Waals surface area contributed by atoms with Gasteiger partial charge in [0.1, 0.15) is 0 Å². The van der Waals surface area contributed by atoms with Crippen molar-refractivity contribution in [1.82, 2.24) is 0 Å². The van der Waals surface area contributed by atoms with Crippen LogP contribution in [-0.4, -0.2) is 21.8 Å². The lowest BCUT2D eigenvalue weighted by atomic mass is 10.0. The molecule has 0 saturated heterocycles. The third-order valence-corrected chi connectivity index (χ3v) is 5.94. The maximum absolute atomic E-state index is 11.4. The van der Waals surface area contributed by atoms with Gasteiger partial charge in [-0.1, -0.05) is 33.0 Å². The van der Waals surface area contributed by atoms with Gasteiger partial charge in [0.2, 0.25) is 0 Å². The molecule has 0 aromatic heterocycles. The van der Waals surface area contributed by atoms with Gasteiger partial charge in [-0.3, -0.25) is 4.55 Å². The van der Waals surface area contributed by atoms with Crippen LogP contribution in [0.4, 0.5) is 0 Å². The van der Waals surface area contributed by atoms with Crippen molar-refractivity contribution in [2.24, 2.45) is 0 Å². The summed E-state index contributed by atoms with van der Waals surface area (Å²) in [6, 6.07) is 3.37.